The molecule has 0 aliphatic heterocycles. The summed E-state index contributed by atoms with van der Waals surface area (Å²) in [6.45, 7) is 0. The zero-order chi connectivity index (χ0) is 27.6. The van der Waals surface area contributed by atoms with Gasteiger partial charge in [0.25, 0.3) is 10.0 Å². The fourth-order valence-electron chi connectivity index (χ4n) is 3.74. The Hall–Kier alpha value is -3.97. The summed E-state index contributed by atoms with van der Waals surface area (Å²) in [6.07, 6.45) is -0.416. The Kier molecular flexibility index (Phi) is 7.69. The number of halogens is 4. The van der Waals surface area contributed by atoms with Gasteiger partial charge in [0.1, 0.15) is 34.2 Å². The zero-order valence-corrected chi connectivity index (χ0v) is 21.2. The number of thiophene rings is 1. The Bertz CT molecular complexity index is 1620. The number of sulfonamides is 1. The average molecular weight is 566 g/mol. The lowest BCUT2D eigenvalue weighted by Gasteiger charge is -2.25. The molecule has 0 spiro atoms. The van der Waals surface area contributed by atoms with Crippen molar-refractivity contribution in [3.63, 3.8) is 0 Å². The first kappa shape index (κ1) is 27.1. The van der Waals surface area contributed by atoms with Gasteiger partial charge in [-0.2, -0.15) is 0 Å². The number of fused-ring (bicyclic) bond motifs is 1. The second-order valence-electron chi connectivity index (χ2n) is 8.23. The summed E-state index contributed by atoms with van der Waals surface area (Å²) in [5, 5.41) is 4.89. The van der Waals surface area contributed by atoms with Crippen LogP contribution < -0.4 is 14.9 Å². The van der Waals surface area contributed by atoms with Gasteiger partial charge in [-0.1, -0.05) is 0 Å². The van der Waals surface area contributed by atoms with Gasteiger partial charge in [0, 0.05) is 29.9 Å². The molecule has 1 heterocycles. The van der Waals surface area contributed by atoms with Crippen molar-refractivity contribution in [2.75, 3.05) is 11.9 Å². The Labute approximate surface area is 218 Å². The van der Waals surface area contributed by atoms with Crippen molar-refractivity contribution in [3.8, 4) is 0 Å². The van der Waals surface area contributed by atoms with Gasteiger partial charge in [0.05, 0.1) is 0 Å². The number of hydrogen-bond acceptors (Lipinski definition) is 5. The van der Waals surface area contributed by atoms with E-state index in [1.54, 1.807) is 18.2 Å². The maximum Gasteiger partial charge on any atom is 0.329 e. The third-order valence-corrected chi connectivity index (χ3v) is 7.77. The molecule has 0 radical (unpaired) electrons. The van der Waals surface area contributed by atoms with Crippen LogP contribution >= 0.6 is 11.3 Å². The van der Waals surface area contributed by atoms with E-state index in [0.717, 1.165) is 22.2 Å². The summed E-state index contributed by atoms with van der Waals surface area (Å²) >= 11 is 1.49. The van der Waals surface area contributed by atoms with Crippen LogP contribution in [0.2, 0.25) is 0 Å². The number of likely N-dealkylation sites (N-methyl/N-ethyl adjacent to an activating group) is 1. The second kappa shape index (κ2) is 10.8. The summed E-state index contributed by atoms with van der Waals surface area (Å²) in [7, 11) is -3.47. The third-order valence-electron chi connectivity index (χ3n) is 5.53. The first-order chi connectivity index (χ1) is 17.9. The molecule has 38 heavy (non-hydrogen) atoms. The molecule has 0 aliphatic carbocycles. The van der Waals surface area contributed by atoms with Crippen molar-refractivity contribution in [1.82, 2.24) is 10.0 Å². The van der Waals surface area contributed by atoms with Crippen molar-refractivity contribution in [2.24, 2.45) is 0 Å². The van der Waals surface area contributed by atoms with E-state index in [2.05, 4.69) is 5.32 Å². The van der Waals surface area contributed by atoms with Crippen LogP contribution in [0, 0.1) is 23.3 Å². The van der Waals surface area contributed by atoms with Crippen LogP contribution in [0.3, 0.4) is 0 Å². The molecule has 0 fully saturated rings. The van der Waals surface area contributed by atoms with Crippen LogP contribution in [-0.4, -0.2) is 33.4 Å². The number of nitrogens with zero attached hydrogens (tertiary/aromatic N) is 1. The summed E-state index contributed by atoms with van der Waals surface area (Å²) in [5.74, 6) is -4.95. The highest BCUT2D eigenvalue weighted by molar-refractivity contribution is 7.90. The number of carbonyl (C=O) groups is 2. The maximum absolute atomic E-state index is 14.0. The van der Waals surface area contributed by atoms with E-state index in [1.165, 1.54) is 28.0 Å². The van der Waals surface area contributed by atoms with E-state index in [4.69, 9.17) is 0 Å². The largest absolute Gasteiger partial charge is 0.329 e. The van der Waals surface area contributed by atoms with E-state index in [1.807, 2.05) is 11.4 Å². The molecule has 0 saturated heterocycles. The van der Waals surface area contributed by atoms with E-state index >= 15 is 0 Å². The predicted molar refractivity (Wildman–Crippen MR) is 134 cm³/mol. The van der Waals surface area contributed by atoms with Crippen LogP contribution in [0.1, 0.15) is 5.56 Å². The molecule has 4 rings (SSSR count). The molecular formula is C25H19F4N3O4S2. The Morgan fingerprint density at radius 2 is 1.63 bits per heavy atom. The summed E-state index contributed by atoms with van der Waals surface area (Å²) in [5.41, 5.74) is 0.440. The van der Waals surface area contributed by atoms with Gasteiger partial charge in [0.2, 0.25) is 5.91 Å². The number of anilines is 1. The van der Waals surface area contributed by atoms with Crippen molar-refractivity contribution in [1.29, 1.82) is 0 Å². The monoisotopic (exact) mass is 565 g/mol. The van der Waals surface area contributed by atoms with Gasteiger partial charge in [-0.3, -0.25) is 4.79 Å². The van der Waals surface area contributed by atoms with Gasteiger partial charge in [-0.15, -0.1) is 11.3 Å². The molecule has 3 amide bonds. The van der Waals surface area contributed by atoms with Gasteiger partial charge in [-0.25, -0.2) is 35.5 Å². The van der Waals surface area contributed by atoms with Crippen molar-refractivity contribution < 1.29 is 35.6 Å². The normalized spacial score (nSPS) is 12.2. The molecular weight excluding hydrogens is 546 g/mol. The number of amides is 3. The van der Waals surface area contributed by atoms with Crippen molar-refractivity contribution in [2.45, 2.75) is 17.4 Å². The average Bonchev–Trinajstić information content (AvgIpc) is 3.31. The van der Waals surface area contributed by atoms with Crippen LogP contribution in [0.25, 0.3) is 10.1 Å². The van der Waals surface area contributed by atoms with Gasteiger partial charge < -0.3 is 10.2 Å². The molecule has 0 aliphatic rings. The third kappa shape index (κ3) is 6.11. The summed E-state index contributed by atoms with van der Waals surface area (Å²) < 4.78 is 82.6. The standard InChI is InChI=1S/C25H19F4N3O4S2/c1-32(19-3-5-22-15(11-19)6-7-37-22)24(33)21(10-14-8-17(27)12-18(28)9-14)30-25(34)31-38(35,36)23-13-16(26)2-4-20(23)29/h2-9,11-13,21H,10H2,1H3,(H2,30,31,34)/t21-/m0/s1. The minimum Gasteiger partial charge on any atom is -0.325 e. The van der Waals surface area contributed by atoms with Crippen LogP contribution in [0.15, 0.2) is 70.9 Å². The predicted octanol–water partition coefficient (Wildman–Crippen LogP) is 4.72. The smallest absolute Gasteiger partial charge is 0.325 e. The van der Waals surface area contributed by atoms with Crippen molar-refractivity contribution >= 4 is 49.1 Å². The molecule has 13 heteroatoms. The molecule has 0 saturated carbocycles. The molecule has 0 bridgehead atoms. The van der Waals surface area contributed by atoms with Crippen LogP contribution in [0.5, 0.6) is 0 Å². The zero-order valence-electron chi connectivity index (χ0n) is 19.5. The van der Waals surface area contributed by atoms with Crippen LogP contribution in [-0.2, 0) is 21.2 Å². The molecule has 2 N–H and O–H groups in total. The number of hydrogen-bond donors (Lipinski definition) is 2. The molecule has 198 valence electrons. The highest BCUT2D eigenvalue weighted by Crippen LogP contribution is 2.26. The number of rotatable bonds is 7. The van der Waals surface area contributed by atoms with Crippen molar-refractivity contribution in [3.05, 3.63) is 94.9 Å². The minimum atomic E-state index is -4.88. The highest BCUT2D eigenvalue weighted by Gasteiger charge is 2.29. The molecule has 0 unspecified atom stereocenters. The van der Waals surface area contributed by atoms with Gasteiger partial charge >= 0.3 is 6.03 Å². The van der Waals surface area contributed by atoms with E-state index in [9.17, 15) is 35.6 Å². The first-order valence-corrected chi connectivity index (χ1v) is 13.3. The maximum atomic E-state index is 14.0. The van der Waals surface area contributed by atoms with Crippen LogP contribution in [0.4, 0.5) is 28.0 Å². The fraction of sp³-hybridized carbons (Fsp3) is 0.120. The van der Waals surface area contributed by atoms with E-state index in [0.29, 0.717) is 30.0 Å². The molecule has 1 atom stereocenters. The molecule has 7 nitrogen and oxygen atoms in total. The Balaban J connectivity index is 1.61. The molecule has 3 aromatic carbocycles. The lowest BCUT2D eigenvalue weighted by atomic mass is 10.0. The second-order valence-corrected chi connectivity index (χ2v) is 10.8. The van der Waals surface area contributed by atoms with Gasteiger partial charge in [0.15, 0.2) is 0 Å². The number of benzene rings is 3. The first-order valence-electron chi connectivity index (χ1n) is 10.9. The van der Waals surface area contributed by atoms with E-state index in [-0.39, 0.29) is 5.56 Å². The summed E-state index contributed by atoms with van der Waals surface area (Å²) in [4.78, 5) is 26.1. The SMILES string of the molecule is CN(C(=O)[C@H](Cc1cc(F)cc(F)c1)NC(=O)NS(=O)(=O)c1cc(F)ccc1F)c1ccc2sccc2c1. The molecule has 4 aromatic rings. The number of carbonyl (C=O) groups excluding carboxylic acids is 2. The topological polar surface area (TPSA) is 95.6 Å². The number of nitrogens with one attached hydrogen (secondary N) is 2. The molecule has 1 aromatic heterocycles. The quantitative estimate of drug-likeness (QED) is 0.317. The number of urea groups is 1. The summed E-state index contributed by atoms with van der Waals surface area (Å²) in [6, 6.07) is 8.27. The Morgan fingerprint density at radius 3 is 2.34 bits per heavy atom. The van der Waals surface area contributed by atoms with Gasteiger partial charge in [-0.05, 0) is 70.9 Å². The highest BCUT2D eigenvalue weighted by atomic mass is 32.2. The lowest BCUT2D eigenvalue weighted by molar-refractivity contribution is -0.120. The Morgan fingerprint density at radius 1 is 0.921 bits per heavy atom. The minimum absolute atomic E-state index is 0.00173. The lowest BCUT2D eigenvalue weighted by Crippen LogP contribution is -2.52. The fourth-order valence-corrected chi connectivity index (χ4v) is 5.51. The van der Waals surface area contributed by atoms with E-state index < -0.39 is 62.6 Å².